The fraction of sp³-hybridized carbons (Fsp3) is 0.938. The third-order valence-electron chi connectivity index (χ3n) is 3.25. The van der Waals surface area contributed by atoms with Gasteiger partial charge in [-0.05, 0) is 52.6 Å². The Morgan fingerprint density at radius 3 is 2.60 bits per heavy atom. The van der Waals surface area contributed by atoms with E-state index in [1.165, 1.54) is 12.8 Å². The van der Waals surface area contributed by atoms with Crippen molar-refractivity contribution in [2.75, 3.05) is 13.1 Å². The second kappa shape index (κ2) is 12.2. The summed E-state index contributed by atoms with van der Waals surface area (Å²) in [7, 11) is 0. The predicted molar refractivity (Wildman–Crippen MR) is 84.9 cm³/mol. The van der Waals surface area contributed by atoms with E-state index in [1.54, 1.807) is 0 Å². The average molecular weight is 286 g/mol. The monoisotopic (exact) mass is 286 g/mol. The van der Waals surface area contributed by atoms with Crippen LogP contribution < -0.4 is 10.6 Å². The number of hydrogen-bond acceptors (Lipinski definition) is 4. The van der Waals surface area contributed by atoms with Gasteiger partial charge < -0.3 is 15.4 Å². The molecule has 1 fully saturated rings. The predicted octanol–water partition coefficient (Wildman–Crippen LogP) is 2.86. The van der Waals surface area contributed by atoms with E-state index >= 15 is 0 Å². The highest BCUT2D eigenvalue weighted by molar-refractivity contribution is 5.76. The minimum absolute atomic E-state index is 0.0194. The Morgan fingerprint density at radius 1 is 1.30 bits per heavy atom. The molecule has 1 saturated heterocycles. The summed E-state index contributed by atoms with van der Waals surface area (Å²) in [5, 5.41) is 6.81. The summed E-state index contributed by atoms with van der Waals surface area (Å²) in [5.74, 6) is -0.0913. The molecule has 2 N–H and O–H groups in total. The van der Waals surface area contributed by atoms with Gasteiger partial charge in [-0.1, -0.05) is 27.2 Å². The lowest BCUT2D eigenvalue weighted by molar-refractivity contribution is -0.149. The first-order valence-corrected chi connectivity index (χ1v) is 8.30. The molecular weight excluding hydrogens is 252 g/mol. The molecule has 4 nitrogen and oxygen atoms in total. The number of nitrogens with one attached hydrogen (secondary N) is 2. The molecule has 0 bridgehead atoms. The number of carbonyl (C=O) groups is 1. The molecule has 4 heteroatoms. The van der Waals surface area contributed by atoms with Crippen molar-refractivity contribution in [2.45, 2.75) is 84.9 Å². The Balaban J connectivity index is 0.00000172. The van der Waals surface area contributed by atoms with Gasteiger partial charge in [-0.25, -0.2) is 0 Å². The van der Waals surface area contributed by atoms with Crippen molar-refractivity contribution in [2.24, 2.45) is 0 Å². The van der Waals surface area contributed by atoms with Crippen LogP contribution in [-0.4, -0.2) is 37.2 Å². The van der Waals surface area contributed by atoms with Gasteiger partial charge in [-0.3, -0.25) is 4.79 Å². The summed E-state index contributed by atoms with van der Waals surface area (Å²) in [6.45, 7) is 12.1. The first-order chi connectivity index (χ1) is 9.63. The van der Waals surface area contributed by atoms with Gasteiger partial charge >= 0.3 is 5.97 Å². The number of unbranched alkanes of at least 4 members (excludes halogenated alkanes) is 1. The van der Waals surface area contributed by atoms with Crippen molar-refractivity contribution in [3.8, 4) is 0 Å². The van der Waals surface area contributed by atoms with Crippen LogP contribution in [0.25, 0.3) is 0 Å². The smallest absolute Gasteiger partial charge is 0.323 e. The highest BCUT2D eigenvalue weighted by Gasteiger charge is 2.30. The summed E-state index contributed by atoms with van der Waals surface area (Å²) in [4.78, 5) is 11.7. The summed E-state index contributed by atoms with van der Waals surface area (Å²) in [5.41, 5.74) is 0. The molecule has 1 aliphatic heterocycles. The zero-order valence-electron chi connectivity index (χ0n) is 14.0. The van der Waals surface area contributed by atoms with Crippen LogP contribution in [0.2, 0.25) is 0 Å². The number of ether oxygens (including phenoxy) is 1. The first-order valence-electron chi connectivity index (χ1n) is 8.30. The fourth-order valence-corrected chi connectivity index (χ4v) is 2.25. The number of hydrogen-bond donors (Lipinski definition) is 2. The molecule has 0 aliphatic carbocycles. The van der Waals surface area contributed by atoms with E-state index in [2.05, 4.69) is 17.6 Å². The van der Waals surface area contributed by atoms with Crippen LogP contribution in [0.3, 0.4) is 0 Å². The Bertz CT molecular complexity index is 245. The lowest BCUT2D eigenvalue weighted by Crippen LogP contribution is -2.38. The topological polar surface area (TPSA) is 50.4 Å². The van der Waals surface area contributed by atoms with Gasteiger partial charge in [-0.2, -0.15) is 0 Å². The Labute approximate surface area is 125 Å². The molecule has 1 aliphatic rings. The molecule has 1 rings (SSSR count). The fourth-order valence-electron chi connectivity index (χ4n) is 2.25. The van der Waals surface area contributed by atoms with Gasteiger partial charge in [0.2, 0.25) is 0 Å². The second-order valence-corrected chi connectivity index (χ2v) is 5.37. The van der Waals surface area contributed by atoms with Crippen LogP contribution in [0.1, 0.15) is 66.7 Å². The van der Waals surface area contributed by atoms with Gasteiger partial charge in [0.25, 0.3) is 0 Å². The third kappa shape index (κ3) is 8.54. The molecule has 0 aromatic heterocycles. The molecule has 0 aromatic carbocycles. The van der Waals surface area contributed by atoms with Crippen molar-refractivity contribution in [1.82, 2.24) is 10.6 Å². The molecule has 2 unspecified atom stereocenters. The van der Waals surface area contributed by atoms with E-state index in [0.29, 0.717) is 6.04 Å². The molecule has 0 amide bonds. The lowest BCUT2D eigenvalue weighted by atomic mass is 10.1. The van der Waals surface area contributed by atoms with Crippen molar-refractivity contribution in [1.29, 1.82) is 0 Å². The average Bonchev–Trinajstić information content (AvgIpc) is 2.89. The molecule has 20 heavy (non-hydrogen) atoms. The van der Waals surface area contributed by atoms with Crippen LogP contribution in [0.4, 0.5) is 0 Å². The van der Waals surface area contributed by atoms with E-state index in [1.807, 2.05) is 27.7 Å². The van der Waals surface area contributed by atoms with E-state index in [-0.39, 0.29) is 18.1 Å². The van der Waals surface area contributed by atoms with Crippen LogP contribution in [0.15, 0.2) is 0 Å². The molecule has 0 radical (unpaired) electrons. The van der Waals surface area contributed by atoms with E-state index in [0.717, 1.165) is 32.4 Å². The maximum Gasteiger partial charge on any atom is 0.323 e. The molecule has 2 atom stereocenters. The summed E-state index contributed by atoms with van der Waals surface area (Å²) >= 11 is 0. The molecule has 0 saturated carbocycles. The maximum absolute atomic E-state index is 11.7. The summed E-state index contributed by atoms with van der Waals surface area (Å²) < 4.78 is 5.22. The van der Waals surface area contributed by atoms with Crippen molar-refractivity contribution < 1.29 is 9.53 Å². The van der Waals surface area contributed by atoms with E-state index in [4.69, 9.17) is 4.74 Å². The quantitative estimate of drug-likeness (QED) is 0.532. The minimum Gasteiger partial charge on any atom is -0.462 e. The van der Waals surface area contributed by atoms with Crippen LogP contribution in [-0.2, 0) is 9.53 Å². The molecular formula is C16H34N2O2. The second-order valence-electron chi connectivity index (χ2n) is 5.37. The first kappa shape index (κ1) is 19.4. The highest BCUT2D eigenvalue weighted by Crippen LogP contribution is 2.16. The molecule has 0 aromatic rings. The number of carbonyl (C=O) groups excluding carboxylic acids is 1. The zero-order valence-corrected chi connectivity index (χ0v) is 14.0. The highest BCUT2D eigenvalue weighted by atomic mass is 16.5. The normalized spacial score (nSPS) is 21.5. The van der Waals surface area contributed by atoms with Gasteiger partial charge in [0.15, 0.2) is 0 Å². The standard InChI is InChI=1S/C14H28N2O2.C2H6/c1-4-5-9-15-10-8-12-6-7-13(16-12)14(17)18-11(2)3;1-2/h11-13,15-16H,4-10H2,1-3H3;1-2H3. The van der Waals surface area contributed by atoms with Crippen LogP contribution >= 0.6 is 0 Å². The van der Waals surface area contributed by atoms with E-state index < -0.39 is 0 Å². The van der Waals surface area contributed by atoms with Crippen molar-refractivity contribution in [3.05, 3.63) is 0 Å². The van der Waals surface area contributed by atoms with Gasteiger partial charge in [-0.15, -0.1) is 0 Å². The van der Waals surface area contributed by atoms with Crippen LogP contribution in [0, 0.1) is 0 Å². The number of rotatable bonds is 8. The van der Waals surface area contributed by atoms with Crippen molar-refractivity contribution in [3.63, 3.8) is 0 Å². The largest absolute Gasteiger partial charge is 0.462 e. The zero-order chi connectivity index (χ0) is 15.4. The van der Waals surface area contributed by atoms with Gasteiger partial charge in [0.05, 0.1) is 6.10 Å². The Hall–Kier alpha value is -0.610. The van der Waals surface area contributed by atoms with E-state index in [9.17, 15) is 4.79 Å². The summed E-state index contributed by atoms with van der Waals surface area (Å²) in [6, 6.07) is 0.372. The Morgan fingerprint density at radius 2 is 2.00 bits per heavy atom. The SMILES string of the molecule is CC.CCCCNCCC1CCC(C(=O)OC(C)C)N1. The minimum atomic E-state index is -0.0913. The Kier molecular flexibility index (Phi) is 11.8. The van der Waals surface area contributed by atoms with Crippen LogP contribution in [0.5, 0.6) is 0 Å². The molecule has 1 heterocycles. The molecule has 0 spiro atoms. The van der Waals surface area contributed by atoms with Gasteiger partial charge in [0, 0.05) is 6.04 Å². The molecule has 120 valence electrons. The number of esters is 1. The summed E-state index contributed by atoms with van der Waals surface area (Å²) in [6.07, 6.45) is 5.53. The third-order valence-corrected chi connectivity index (χ3v) is 3.25. The maximum atomic E-state index is 11.7. The van der Waals surface area contributed by atoms with Gasteiger partial charge in [0.1, 0.15) is 6.04 Å². The van der Waals surface area contributed by atoms with Crippen molar-refractivity contribution >= 4 is 5.97 Å². The lowest BCUT2D eigenvalue weighted by Gasteiger charge is -2.15.